The monoisotopic (exact) mass is 304 g/mol. The van der Waals surface area contributed by atoms with Crippen LogP contribution in [0.15, 0.2) is 65.8 Å². The van der Waals surface area contributed by atoms with Gasteiger partial charge < -0.3 is 16.9 Å². The Kier molecular flexibility index (Phi) is 3.93. The third kappa shape index (κ3) is 3.29. The molecule has 0 aliphatic carbocycles. The standard InChI is InChI=1S/C18H16N4O/c19-16-5-7-17(8-6-16)22-18(23)15-4-3-13-9-12(11-21-20)1-2-14(13)10-15/h1-11H,19-20H2,(H,22,23). The fourth-order valence-electron chi connectivity index (χ4n) is 2.34. The fraction of sp³-hybridized carbons (Fsp3) is 0. The molecule has 3 aromatic rings. The van der Waals surface area contributed by atoms with E-state index in [2.05, 4.69) is 10.4 Å². The Morgan fingerprint density at radius 3 is 2.39 bits per heavy atom. The molecule has 0 fully saturated rings. The maximum absolute atomic E-state index is 12.3. The number of nitrogens with one attached hydrogen (secondary N) is 1. The molecule has 0 bridgehead atoms. The van der Waals surface area contributed by atoms with Gasteiger partial charge in [-0.2, -0.15) is 5.10 Å². The van der Waals surface area contributed by atoms with Crippen molar-refractivity contribution in [3.63, 3.8) is 0 Å². The Morgan fingerprint density at radius 1 is 0.957 bits per heavy atom. The number of hydrogen-bond acceptors (Lipinski definition) is 4. The number of carbonyl (C=O) groups excluding carboxylic acids is 1. The number of anilines is 2. The summed E-state index contributed by atoms with van der Waals surface area (Å²) < 4.78 is 0. The molecule has 3 aromatic carbocycles. The largest absolute Gasteiger partial charge is 0.399 e. The topological polar surface area (TPSA) is 93.5 Å². The summed E-state index contributed by atoms with van der Waals surface area (Å²) in [5, 5.41) is 8.36. The van der Waals surface area contributed by atoms with Crippen LogP contribution in [0.4, 0.5) is 11.4 Å². The molecule has 5 heteroatoms. The van der Waals surface area contributed by atoms with Gasteiger partial charge in [0.25, 0.3) is 5.91 Å². The number of hydrogen-bond donors (Lipinski definition) is 3. The van der Waals surface area contributed by atoms with Crippen LogP contribution < -0.4 is 16.9 Å². The lowest BCUT2D eigenvalue weighted by Crippen LogP contribution is -2.11. The number of nitrogens with zero attached hydrogens (tertiary/aromatic N) is 1. The van der Waals surface area contributed by atoms with Crippen molar-refractivity contribution < 1.29 is 4.79 Å². The number of benzene rings is 3. The summed E-state index contributed by atoms with van der Waals surface area (Å²) in [6.07, 6.45) is 1.58. The molecule has 5 N–H and O–H groups in total. The predicted molar refractivity (Wildman–Crippen MR) is 94.5 cm³/mol. The van der Waals surface area contributed by atoms with Crippen LogP contribution in [0.3, 0.4) is 0 Å². The fourth-order valence-corrected chi connectivity index (χ4v) is 2.34. The van der Waals surface area contributed by atoms with Crippen LogP contribution in [0.25, 0.3) is 10.8 Å². The third-order valence-electron chi connectivity index (χ3n) is 3.52. The second kappa shape index (κ2) is 6.19. The van der Waals surface area contributed by atoms with E-state index in [1.54, 1.807) is 36.5 Å². The number of nitrogens with two attached hydrogens (primary N) is 2. The number of hydrazone groups is 1. The number of carbonyl (C=O) groups is 1. The molecule has 0 saturated carbocycles. The van der Waals surface area contributed by atoms with E-state index in [-0.39, 0.29) is 5.91 Å². The van der Waals surface area contributed by atoms with Crippen LogP contribution in [0.5, 0.6) is 0 Å². The van der Waals surface area contributed by atoms with Gasteiger partial charge in [-0.15, -0.1) is 0 Å². The van der Waals surface area contributed by atoms with Gasteiger partial charge in [-0.1, -0.05) is 18.2 Å². The van der Waals surface area contributed by atoms with Crippen molar-refractivity contribution in [3.8, 4) is 0 Å². The van der Waals surface area contributed by atoms with E-state index in [1.165, 1.54) is 0 Å². The van der Waals surface area contributed by atoms with Gasteiger partial charge in [0, 0.05) is 16.9 Å². The average molecular weight is 304 g/mol. The number of nitrogen functional groups attached to an aromatic ring is 1. The highest BCUT2D eigenvalue weighted by Crippen LogP contribution is 2.19. The van der Waals surface area contributed by atoms with Gasteiger partial charge in [-0.3, -0.25) is 4.79 Å². The second-order valence-corrected chi connectivity index (χ2v) is 5.18. The molecule has 0 unspecified atom stereocenters. The summed E-state index contributed by atoms with van der Waals surface area (Å²) in [5.74, 6) is 5.00. The van der Waals surface area contributed by atoms with Crippen molar-refractivity contribution in [1.82, 2.24) is 0 Å². The zero-order valence-corrected chi connectivity index (χ0v) is 12.4. The minimum absolute atomic E-state index is 0.163. The molecule has 0 aromatic heterocycles. The molecule has 0 spiro atoms. The average Bonchev–Trinajstić information content (AvgIpc) is 2.56. The smallest absolute Gasteiger partial charge is 0.255 e. The van der Waals surface area contributed by atoms with Crippen LogP contribution in [0.2, 0.25) is 0 Å². The van der Waals surface area contributed by atoms with Crippen LogP contribution >= 0.6 is 0 Å². The van der Waals surface area contributed by atoms with Crippen molar-refractivity contribution in [2.45, 2.75) is 0 Å². The molecule has 114 valence electrons. The Hall–Kier alpha value is -3.34. The first-order valence-corrected chi connectivity index (χ1v) is 7.10. The van der Waals surface area contributed by atoms with E-state index in [0.29, 0.717) is 16.9 Å². The van der Waals surface area contributed by atoms with Gasteiger partial charge in [-0.25, -0.2) is 0 Å². The summed E-state index contributed by atoms with van der Waals surface area (Å²) in [5.41, 5.74) is 8.51. The molecule has 0 aliphatic rings. The summed E-state index contributed by atoms with van der Waals surface area (Å²) in [4.78, 5) is 12.3. The molecular formula is C18H16N4O. The molecule has 3 rings (SSSR count). The van der Waals surface area contributed by atoms with Gasteiger partial charge in [0.05, 0.1) is 6.21 Å². The molecule has 1 amide bonds. The normalized spacial score (nSPS) is 11.0. The first kappa shape index (κ1) is 14.6. The highest BCUT2D eigenvalue weighted by molar-refractivity contribution is 6.06. The Bertz CT molecular complexity index is 885. The number of rotatable bonds is 3. The molecule has 0 atom stereocenters. The molecular weight excluding hydrogens is 288 g/mol. The van der Waals surface area contributed by atoms with Crippen molar-refractivity contribution in [3.05, 3.63) is 71.8 Å². The summed E-state index contributed by atoms with van der Waals surface area (Å²) >= 11 is 0. The number of amides is 1. The zero-order chi connectivity index (χ0) is 16.2. The van der Waals surface area contributed by atoms with Crippen LogP contribution in [-0.4, -0.2) is 12.1 Å². The molecule has 0 heterocycles. The van der Waals surface area contributed by atoms with E-state index >= 15 is 0 Å². The first-order valence-electron chi connectivity index (χ1n) is 7.10. The van der Waals surface area contributed by atoms with Crippen molar-refractivity contribution in [1.29, 1.82) is 0 Å². The molecule has 23 heavy (non-hydrogen) atoms. The molecule has 0 radical (unpaired) electrons. The summed E-state index contributed by atoms with van der Waals surface area (Å²) in [6.45, 7) is 0. The van der Waals surface area contributed by atoms with Gasteiger partial charge in [0.15, 0.2) is 0 Å². The summed E-state index contributed by atoms with van der Waals surface area (Å²) in [7, 11) is 0. The Balaban J connectivity index is 1.86. The lowest BCUT2D eigenvalue weighted by molar-refractivity contribution is 0.102. The maximum Gasteiger partial charge on any atom is 0.255 e. The van der Waals surface area contributed by atoms with Crippen molar-refractivity contribution in [2.24, 2.45) is 10.9 Å². The van der Waals surface area contributed by atoms with E-state index in [0.717, 1.165) is 16.3 Å². The SMILES string of the molecule is NN=Cc1ccc2cc(C(=O)Nc3ccc(N)cc3)ccc2c1. The van der Waals surface area contributed by atoms with Gasteiger partial charge in [0.2, 0.25) is 0 Å². The van der Waals surface area contributed by atoms with E-state index in [4.69, 9.17) is 11.6 Å². The Morgan fingerprint density at radius 2 is 1.65 bits per heavy atom. The zero-order valence-electron chi connectivity index (χ0n) is 12.4. The van der Waals surface area contributed by atoms with Gasteiger partial charge >= 0.3 is 0 Å². The van der Waals surface area contributed by atoms with Gasteiger partial charge in [0.1, 0.15) is 0 Å². The minimum Gasteiger partial charge on any atom is -0.399 e. The highest BCUT2D eigenvalue weighted by atomic mass is 16.1. The second-order valence-electron chi connectivity index (χ2n) is 5.18. The van der Waals surface area contributed by atoms with Crippen LogP contribution in [-0.2, 0) is 0 Å². The van der Waals surface area contributed by atoms with E-state index in [1.807, 2.05) is 30.3 Å². The molecule has 5 nitrogen and oxygen atoms in total. The number of fused-ring (bicyclic) bond motifs is 1. The van der Waals surface area contributed by atoms with Crippen LogP contribution in [0.1, 0.15) is 15.9 Å². The van der Waals surface area contributed by atoms with Crippen LogP contribution in [0, 0.1) is 0 Å². The van der Waals surface area contributed by atoms with E-state index in [9.17, 15) is 4.79 Å². The first-order chi connectivity index (χ1) is 11.2. The van der Waals surface area contributed by atoms with E-state index < -0.39 is 0 Å². The molecule has 0 saturated heterocycles. The summed E-state index contributed by atoms with van der Waals surface area (Å²) in [6, 6.07) is 18.4. The van der Waals surface area contributed by atoms with Crippen molar-refractivity contribution in [2.75, 3.05) is 11.1 Å². The maximum atomic E-state index is 12.3. The molecule has 0 aliphatic heterocycles. The van der Waals surface area contributed by atoms with Gasteiger partial charge in [-0.05, 0) is 58.8 Å². The lowest BCUT2D eigenvalue weighted by Gasteiger charge is -2.07. The highest BCUT2D eigenvalue weighted by Gasteiger charge is 2.07. The third-order valence-corrected chi connectivity index (χ3v) is 3.52. The lowest BCUT2D eigenvalue weighted by atomic mass is 10.0. The Labute approximate surface area is 133 Å². The minimum atomic E-state index is -0.163. The van der Waals surface area contributed by atoms with Crippen molar-refractivity contribution >= 4 is 34.3 Å². The quantitative estimate of drug-likeness (QED) is 0.300. The predicted octanol–water partition coefficient (Wildman–Crippen LogP) is 2.97.